The van der Waals surface area contributed by atoms with Crippen molar-refractivity contribution in [3.05, 3.63) is 96.2 Å². The molecule has 0 unspecified atom stereocenters. The van der Waals surface area contributed by atoms with E-state index in [4.69, 9.17) is 5.73 Å². The molecular weight excluding hydrogens is 498 g/mol. The van der Waals surface area contributed by atoms with Gasteiger partial charge in [-0.1, -0.05) is 69.8 Å². The minimum Gasteiger partial charge on any atom is -0.370 e. The Balaban J connectivity index is 1.74. The van der Waals surface area contributed by atoms with Gasteiger partial charge < -0.3 is 10.7 Å². The van der Waals surface area contributed by atoms with Gasteiger partial charge in [0.05, 0.1) is 10.6 Å². The minimum absolute atomic E-state index is 0.0220. The van der Waals surface area contributed by atoms with Crippen LogP contribution in [-0.2, 0) is 20.2 Å². The van der Waals surface area contributed by atoms with Gasteiger partial charge in [-0.2, -0.15) is 0 Å². The van der Waals surface area contributed by atoms with E-state index < -0.39 is 15.9 Å². The van der Waals surface area contributed by atoms with Crippen LogP contribution < -0.4 is 10.5 Å². The molecular formula is C30H31N3O4S. The van der Waals surface area contributed by atoms with Crippen molar-refractivity contribution in [2.75, 3.05) is 4.72 Å². The zero-order chi connectivity index (χ0) is 27.7. The Hall–Kier alpha value is -4.17. The van der Waals surface area contributed by atoms with E-state index >= 15 is 0 Å². The zero-order valence-corrected chi connectivity index (χ0v) is 22.5. The molecule has 1 amide bonds. The van der Waals surface area contributed by atoms with Gasteiger partial charge in [0.2, 0.25) is 11.7 Å². The van der Waals surface area contributed by atoms with Gasteiger partial charge in [-0.15, -0.1) is 0 Å². The normalized spacial score (nSPS) is 11.9. The predicted octanol–water partition coefficient (Wildman–Crippen LogP) is 5.94. The molecule has 0 saturated heterocycles. The molecule has 0 saturated carbocycles. The maximum absolute atomic E-state index is 13.3. The standard InChI is InChI=1S/C30H31N3O4S/c1-19(10-17-26(31)34)29(35)28-27(20-8-6-5-7-9-20)24-18-22(13-16-25(24)32-28)33-38(36,37)23-14-11-21(12-15-23)30(2,3)4/h5-9,11-16,18,32-33H,1,10,17H2,2-4H3,(H2,31,34). The molecule has 1 heterocycles. The molecule has 196 valence electrons. The predicted molar refractivity (Wildman–Crippen MR) is 152 cm³/mol. The molecule has 0 atom stereocenters. The number of aromatic amines is 1. The van der Waals surface area contributed by atoms with Gasteiger partial charge >= 0.3 is 0 Å². The quantitative estimate of drug-likeness (QED) is 0.183. The summed E-state index contributed by atoms with van der Waals surface area (Å²) >= 11 is 0. The molecule has 0 aliphatic carbocycles. The molecule has 0 aliphatic heterocycles. The molecule has 0 aliphatic rings. The number of rotatable bonds is 9. The number of nitrogens with two attached hydrogens (primary N) is 1. The molecule has 0 bridgehead atoms. The first-order valence-electron chi connectivity index (χ1n) is 12.2. The highest BCUT2D eigenvalue weighted by atomic mass is 32.2. The van der Waals surface area contributed by atoms with E-state index in [0.717, 1.165) is 11.1 Å². The molecule has 0 fully saturated rings. The second-order valence-corrected chi connectivity index (χ2v) is 12.0. The van der Waals surface area contributed by atoms with Crippen molar-refractivity contribution in [3.63, 3.8) is 0 Å². The van der Waals surface area contributed by atoms with Crippen LogP contribution in [-0.4, -0.2) is 25.1 Å². The van der Waals surface area contributed by atoms with E-state index in [1.54, 1.807) is 30.3 Å². The number of hydrogen-bond donors (Lipinski definition) is 3. The third-order valence-corrected chi connectivity index (χ3v) is 7.76. The van der Waals surface area contributed by atoms with Crippen molar-refractivity contribution < 1.29 is 18.0 Å². The van der Waals surface area contributed by atoms with Crippen LogP contribution in [0.25, 0.3) is 22.0 Å². The lowest BCUT2D eigenvalue weighted by Crippen LogP contribution is -2.14. The first kappa shape index (κ1) is 26.9. The van der Waals surface area contributed by atoms with E-state index in [1.165, 1.54) is 0 Å². The summed E-state index contributed by atoms with van der Waals surface area (Å²) in [5.41, 5.74) is 9.18. The SMILES string of the molecule is C=C(CCC(N)=O)C(=O)c1[nH]c2ccc(NS(=O)(=O)c3ccc(C(C)(C)C)cc3)cc2c1-c1ccccc1. The smallest absolute Gasteiger partial charge is 0.261 e. The number of nitrogens with one attached hydrogen (secondary N) is 2. The number of amides is 1. The van der Waals surface area contributed by atoms with Gasteiger partial charge in [0.15, 0.2) is 0 Å². The summed E-state index contributed by atoms with van der Waals surface area (Å²) < 4.78 is 29.0. The van der Waals surface area contributed by atoms with E-state index in [9.17, 15) is 18.0 Å². The first-order chi connectivity index (χ1) is 17.9. The third-order valence-electron chi connectivity index (χ3n) is 6.37. The molecule has 7 nitrogen and oxygen atoms in total. The van der Waals surface area contributed by atoms with Gasteiger partial charge in [-0.25, -0.2) is 8.42 Å². The van der Waals surface area contributed by atoms with E-state index in [-0.39, 0.29) is 34.5 Å². The summed E-state index contributed by atoms with van der Waals surface area (Å²) in [5, 5.41) is 0.672. The Kier molecular flexibility index (Phi) is 7.29. The lowest BCUT2D eigenvalue weighted by Gasteiger charge is -2.19. The molecule has 4 aromatic rings. The van der Waals surface area contributed by atoms with Crippen LogP contribution >= 0.6 is 0 Å². The molecule has 0 radical (unpaired) electrons. The van der Waals surface area contributed by atoms with Crippen LogP contribution in [0.5, 0.6) is 0 Å². The van der Waals surface area contributed by atoms with Crippen LogP contribution in [0, 0.1) is 0 Å². The molecule has 8 heteroatoms. The topological polar surface area (TPSA) is 122 Å². The average Bonchev–Trinajstić information content (AvgIpc) is 3.25. The van der Waals surface area contributed by atoms with Crippen molar-refractivity contribution in [2.24, 2.45) is 5.73 Å². The van der Waals surface area contributed by atoms with Gasteiger partial charge in [-0.3, -0.25) is 14.3 Å². The number of carbonyl (C=O) groups is 2. The number of H-pyrrole nitrogens is 1. The van der Waals surface area contributed by atoms with Crippen LogP contribution in [0.4, 0.5) is 5.69 Å². The lowest BCUT2D eigenvalue weighted by atomic mass is 9.87. The summed E-state index contributed by atoms with van der Waals surface area (Å²) in [7, 11) is -3.85. The van der Waals surface area contributed by atoms with Crippen molar-refractivity contribution >= 4 is 38.3 Å². The number of anilines is 1. The average molecular weight is 530 g/mol. The van der Waals surface area contributed by atoms with Crippen LogP contribution in [0.3, 0.4) is 0 Å². The second kappa shape index (κ2) is 10.3. The van der Waals surface area contributed by atoms with Gasteiger partial charge in [0.1, 0.15) is 0 Å². The number of aromatic nitrogens is 1. The van der Waals surface area contributed by atoms with Crippen LogP contribution in [0.15, 0.2) is 89.8 Å². The highest BCUT2D eigenvalue weighted by molar-refractivity contribution is 7.92. The highest BCUT2D eigenvalue weighted by Gasteiger charge is 2.23. The zero-order valence-electron chi connectivity index (χ0n) is 21.7. The minimum atomic E-state index is -3.85. The first-order valence-corrected chi connectivity index (χ1v) is 13.7. The fraction of sp³-hybridized carbons (Fsp3) is 0.200. The molecule has 0 spiro atoms. The summed E-state index contributed by atoms with van der Waals surface area (Å²) in [4.78, 5) is 27.9. The molecule has 4 N–H and O–H groups in total. The fourth-order valence-corrected chi connectivity index (χ4v) is 5.29. The number of fused-ring (bicyclic) bond motifs is 1. The largest absolute Gasteiger partial charge is 0.370 e. The Labute approximate surface area is 222 Å². The Morgan fingerprint density at radius 1 is 0.947 bits per heavy atom. The Bertz CT molecular complexity index is 1630. The van der Waals surface area contributed by atoms with Gasteiger partial charge in [0, 0.05) is 28.6 Å². The maximum Gasteiger partial charge on any atom is 0.261 e. The molecule has 1 aromatic heterocycles. The maximum atomic E-state index is 13.3. The van der Waals surface area contributed by atoms with Gasteiger partial charge in [-0.05, 0) is 58.9 Å². The van der Waals surface area contributed by atoms with E-state index in [1.807, 2.05) is 42.5 Å². The lowest BCUT2D eigenvalue weighted by molar-refractivity contribution is -0.117. The molecule has 3 aromatic carbocycles. The molecule has 38 heavy (non-hydrogen) atoms. The van der Waals surface area contributed by atoms with Crippen molar-refractivity contribution in [1.29, 1.82) is 0 Å². The van der Waals surface area contributed by atoms with Crippen molar-refractivity contribution in [1.82, 2.24) is 4.98 Å². The summed E-state index contributed by atoms with van der Waals surface area (Å²) in [6.07, 6.45) is 0.172. The monoisotopic (exact) mass is 529 g/mol. The van der Waals surface area contributed by atoms with Crippen molar-refractivity contribution in [2.45, 2.75) is 43.9 Å². The highest BCUT2D eigenvalue weighted by Crippen LogP contribution is 2.36. The number of ketones is 1. The second-order valence-electron chi connectivity index (χ2n) is 10.3. The number of benzene rings is 3. The van der Waals surface area contributed by atoms with Crippen LogP contribution in [0.2, 0.25) is 0 Å². The number of sulfonamides is 1. The van der Waals surface area contributed by atoms with E-state index in [2.05, 4.69) is 37.1 Å². The number of Topliss-reactive ketones (excluding diaryl/α,β-unsaturated/α-hetero) is 1. The molecule has 4 rings (SSSR count). The van der Waals surface area contributed by atoms with Crippen LogP contribution in [0.1, 0.15) is 49.7 Å². The summed E-state index contributed by atoms with van der Waals surface area (Å²) in [6, 6.07) is 21.3. The summed E-state index contributed by atoms with van der Waals surface area (Å²) in [6.45, 7) is 10.1. The van der Waals surface area contributed by atoms with Gasteiger partial charge in [0.25, 0.3) is 10.0 Å². The van der Waals surface area contributed by atoms with Crippen molar-refractivity contribution in [3.8, 4) is 11.1 Å². The number of hydrogen-bond acceptors (Lipinski definition) is 4. The Morgan fingerprint density at radius 3 is 2.21 bits per heavy atom. The Morgan fingerprint density at radius 2 is 1.61 bits per heavy atom. The number of allylic oxidation sites excluding steroid dienone is 1. The number of primary amides is 1. The third kappa shape index (κ3) is 5.70. The fourth-order valence-electron chi connectivity index (χ4n) is 4.24. The number of carbonyl (C=O) groups excluding carboxylic acids is 2. The summed E-state index contributed by atoms with van der Waals surface area (Å²) in [5.74, 6) is -0.841. The van der Waals surface area contributed by atoms with E-state index in [0.29, 0.717) is 27.8 Å².